The van der Waals surface area contributed by atoms with Gasteiger partial charge in [0, 0.05) is 13.7 Å². The highest BCUT2D eigenvalue weighted by atomic mass is 16.5. The van der Waals surface area contributed by atoms with Crippen LogP contribution in [0.5, 0.6) is 0 Å². The highest BCUT2D eigenvalue weighted by Crippen LogP contribution is 2.14. The van der Waals surface area contributed by atoms with Crippen LogP contribution in [0.3, 0.4) is 0 Å². The van der Waals surface area contributed by atoms with Crippen molar-refractivity contribution in [3.63, 3.8) is 0 Å². The fourth-order valence-electron chi connectivity index (χ4n) is 1.59. The molecule has 0 saturated heterocycles. The number of unbranched alkanes of at least 4 members (excludes halogenated alkanes) is 2. The maximum absolute atomic E-state index is 5.57. The van der Waals surface area contributed by atoms with E-state index >= 15 is 0 Å². The Labute approximate surface area is 144 Å². The first-order chi connectivity index (χ1) is 11.1. The Morgan fingerprint density at radius 2 is 1.57 bits per heavy atom. The van der Waals surface area contributed by atoms with E-state index in [1.54, 1.807) is 7.11 Å². The minimum Gasteiger partial charge on any atom is -0.501 e. The van der Waals surface area contributed by atoms with Gasteiger partial charge in [-0.25, -0.2) is 0 Å². The molecule has 0 N–H and O–H groups in total. The molecule has 0 aromatic rings. The maximum atomic E-state index is 5.57. The molecule has 23 heavy (non-hydrogen) atoms. The van der Waals surface area contributed by atoms with Crippen LogP contribution in [0.25, 0.3) is 0 Å². The topological polar surface area (TPSA) is 18.5 Å². The van der Waals surface area contributed by atoms with Crippen molar-refractivity contribution >= 4 is 0 Å². The summed E-state index contributed by atoms with van der Waals surface area (Å²) in [5.41, 5.74) is 3.47. The van der Waals surface area contributed by atoms with E-state index in [1.165, 1.54) is 5.57 Å². The van der Waals surface area contributed by atoms with Gasteiger partial charge in [-0.05, 0) is 65.0 Å². The predicted molar refractivity (Wildman–Crippen MR) is 104 cm³/mol. The molecule has 0 unspecified atom stereocenters. The number of hydrogen-bond donors (Lipinski definition) is 0. The molecule has 0 radical (unpaired) electrons. The second kappa shape index (κ2) is 18.5. The van der Waals surface area contributed by atoms with Crippen LogP contribution in [-0.2, 0) is 9.47 Å². The first-order valence-corrected chi connectivity index (χ1v) is 8.39. The molecule has 0 heterocycles. The van der Waals surface area contributed by atoms with Crippen molar-refractivity contribution in [3.05, 3.63) is 59.9 Å². The molecule has 2 heteroatoms. The van der Waals surface area contributed by atoms with E-state index in [-0.39, 0.29) is 0 Å². The van der Waals surface area contributed by atoms with Gasteiger partial charge in [0.25, 0.3) is 0 Å². The van der Waals surface area contributed by atoms with E-state index in [4.69, 9.17) is 9.47 Å². The summed E-state index contributed by atoms with van der Waals surface area (Å²) in [4.78, 5) is 0. The van der Waals surface area contributed by atoms with Crippen molar-refractivity contribution in [2.24, 2.45) is 0 Å². The van der Waals surface area contributed by atoms with Crippen LogP contribution in [0.4, 0.5) is 0 Å². The first-order valence-electron chi connectivity index (χ1n) is 8.39. The highest BCUT2D eigenvalue weighted by molar-refractivity contribution is 5.40. The molecule has 0 atom stereocenters. The molecular formula is C21H36O2. The molecule has 0 bridgehead atoms. The minimum atomic E-state index is 0.766. The summed E-state index contributed by atoms with van der Waals surface area (Å²) < 4.78 is 10.6. The van der Waals surface area contributed by atoms with Gasteiger partial charge in [0.1, 0.15) is 0 Å². The lowest BCUT2D eigenvalue weighted by atomic mass is 10.1. The molecule has 0 aromatic carbocycles. The zero-order valence-electron chi connectivity index (χ0n) is 16.0. The van der Waals surface area contributed by atoms with E-state index in [9.17, 15) is 0 Å². The van der Waals surface area contributed by atoms with Crippen molar-refractivity contribution < 1.29 is 9.47 Å². The largest absolute Gasteiger partial charge is 0.501 e. The molecule has 0 saturated carbocycles. The predicted octanol–water partition coefficient (Wildman–Crippen LogP) is 6.38. The molecule has 0 aromatic heterocycles. The lowest BCUT2D eigenvalue weighted by molar-refractivity contribution is 0.185. The van der Waals surface area contributed by atoms with Gasteiger partial charge in [0.05, 0.1) is 12.9 Å². The van der Waals surface area contributed by atoms with Crippen LogP contribution in [-0.4, -0.2) is 20.3 Å². The number of ether oxygens (including phenoxy) is 2. The fourth-order valence-corrected chi connectivity index (χ4v) is 1.59. The Hall–Kier alpha value is -1.54. The van der Waals surface area contributed by atoms with Gasteiger partial charge < -0.3 is 9.47 Å². The molecule has 0 amide bonds. The normalized spacial score (nSPS) is 12.9. The summed E-state index contributed by atoms with van der Waals surface area (Å²) in [5.74, 6) is 0. The van der Waals surface area contributed by atoms with Gasteiger partial charge >= 0.3 is 0 Å². The van der Waals surface area contributed by atoms with Crippen LogP contribution in [0.1, 0.15) is 53.9 Å². The lowest BCUT2D eigenvalue weighted by Crippen LogP contribution is -1.93. The molecule has 0 aliphatic heterocycles. The van der Waals surface area contributed by atoms with E-state index in [1.807, 2.05) is 52.2 Å². The summed E-state index contributed by atoms with van der Waals surface area (Å²) in [6.07, 6.45) is 15.2. The van der Waals surface area contributed by atoms with Crippen molar-refractivity contribution in [2.45, 2.75) is 53.9 Å². The smallest absolute Gasteiger partial charge is 0.0873 e. The Kier molecular flexibility index (Phi) is 19.1. The minimum absolute atomic E-state index is 0.766. The van der Waals surface area contributed by atoms with Crippen LogP contribution < -0.4 is 0 Å². The molecular weight excluding hydrogens is 284 g/mol. The third-order valence-corrected chi connectivity index (χ3v) is 3.18. The summed E-state index contributed by atoms with van der Waals surface area (Å²) in [7, 11) is 1.74. The number of methoxy groups -OCH3 is 1. The summed E-state index contributed by atoms with van der Waals surface area (Å²) >= 11 is 0. The van der Waals surface area contributed by atoms with Gasteiger partial charge in [-0.1, -0.05) is 42.5 Å². The van der Waals surface area contributed by atoms with Gasteiger partial charge in [0.15, 0.2) is 0 Å². The highest BCUT2D eigenvalue weighted by Gasteiger charge is 1.96. The third-order valence-electron chi connectivity index (χ3n) is 3.18. The molecule has 0 aliphatic rings. The Morgan fingerprint density at radius 1 is 0.957 bits per heavy atom. The molecule has 0 aliphatic carbocycles. The Balaban J connectivity index is 0. The van der Waals surface area contributed by atoms with Gasteiger partial charge in [-0.3, -0.25) is 0 Å². The second-order valence-electron chi connectivity index (χ2n) is 5.23. The van der Waals surface area contributed by atoms with Crippen molar-refractivity contribution in [1.82, 2.24) is 0 Å². The summed E-state index contributed by atoms with van der Waals surface area (Å²) in [6, 6.07) is 0. The first kappa shape index (κ1) is 23.7. The van der Waals surface area contributed by atoms with Crippen LogP contribution in [0.15, 0.2) is 59.9 Å². The van der Waals surface area contributed by atoms with Crippen molar-refractivity contribution in [2.75, 3.05) is 20.3 Å². The van der Waals surface area contributed by atoms with E-state index in [0.717, 1.165) is 43.6 Å². The van der Waals surface area contributed by atoms with Gasteiger partial charge in [-0.15, -0.1) is 0 Å². The van der Waals surface area contributed by atoms with Crippen molar-refractivity contribution in [1.29, 1.82) is 0 Å². The van der Waals surface area contributed by atoms with E-state index in [2.05, 4.69) is 25.7 Å². The zero-order valence-corrected chi connectivity index (χ0v) is 16.0. The van der Waals surface area contributed by atoms with Crippen LogP contribution in [0, 0.1) is 0 Å². The summed E-state index contributed by atoms with van der Waals surface area (Å²) in [5, 5.41) is 0. The maximum Gasteiger partial charge on any atom is 0.0873 e. The fraction of sp³-hybridized carbons (Fsp3) is 0.524. The SMILES string of the molecule is C/C=C\C.C=C\C(C)=C/C(=C\C)C(/C)=C/OCCCCCOC. The molecule has 0 spiro atoms. The van der Waals surface area contributed by atoms with Crippen molar-refractivity contribution in [3.8, 4) is 0 Å². The van der Waals surface area contributed by atoms with E-state index < -0.39 is 0 Å². The molecule has 2 nitrogen and oxygen atoms in total. The van der Waals surface area contributed by atoms with Gasteiger partial charge in [0.2, 0.25) is 0 Å². The quantitative estimate of drug-likeness (QED) is 0.201. The monoisotopic (exact) mass is 320 g/mol. The number of hydrogen-bond acceptors (Lipinski definition) is 2. The number of allylic oxidation sites excluding steroid dienone is 8. The standard InChI is InChI=1S/C17H28O2.C4H8/c1-6-15(3)13-17(7-2)16(4)14-19-12-10-8-9-11-18-5;1-3-4-2/h6-7,13-14H,1,8-12H2,2-5H3;3-4H,1-2H3/b15-13-,16-14+,17-7+;4-3-. The number of rotatable bonds is 10. The average molecular weight is 321 g/mol. The Bertz CT molecular complexity index is 394. The van der Waals surface area contributed by atoms with E-state index in [0.29, 0.717) is 0 Å². The third kappa shape index (κ3) is 16.7. The summed E-state index contributed by atoms with van der Waals surface area (Å²) in [6.45, 7) is 15.5. The van der Waals surface area contributed by atoms with Gasteiger partial charge in [-0.2, -0.15) is 0 Å². The second-order valence-corrected chi connectivity index (χ2v) is 5.23. The molecule has 0 fully saturated rings. The zero-order chi connectivity index (χ0) is 17.9. The molecule has 132 valence electrons. The Morgan fingerprint density at radius 3 is 2.04 bits per heavy atom. The lowest BCUT2D eigenvalue weighted by Gasteiger charge is -2.06. The molecule has 0 rings (SSSR count). The van der Waals surface area contributed by atoms with Crippen LogP contribution >= 0.6 is 0 Å². The van der Waals surface area contributed by atoms with Crippen LogP contribution in [0.2, 0.25) is 0 Å². The average Bonchev–Trinajstić information content (AvgIpc) is 2.58.